The third-order valence-corrected chi connectivity index (χ3v) is 4.37. The number of pyridine rings is 1. The molecule has 4 heterocycles. The van der Waals surface area contributed by atoms with Gasteiger partial charge in [-0.05, 0) is 25.1 Å². The lowest BCUT2D eigenvalue weighted by molar-refractivity contribution is 0.0664. The van der Waals surface area contributed by atoms with Crippen LogP contribution in [-0.2, 0) is 4.74 Å². The van der Waals surface area contributed by atoms with E-state index in [0.717, 1.165) is 42.4 Å². The highest BCUT2D eigenvalue weighted by Crippen LogP contribution is 2.20. The van der Waals surface area contributed by atoms with Gasteiger partial charge < -0.3 is 15.4 Å². The van der Waals surface area contributed by atoms with E-state index in [4.69, 9.17) is 9.72 Å². The molecule has 2 atom stereocenters. The Kier molecular flexibility index (Phi) is 5.47. The summed E-state index contributed by atoms with van der Waals surface area (Å²) in [7, 11) is 1.76. The molecular weight excluding hydrogens is 340 g/mol. The fraction of sp³-hybridized carbons (Fsp3) is 0.353. The molecule has 1 aliphatic rings. The normalized spacial score (nSPS) is 20.2. The van der Waals surface area contributed by atoms with Gasteiger partial charge in [0.05, 0.1) is 36.4 Å². The van der Waals surface area contributed by atoms with E-state index in [1.54, 1.807) is 19.5 Å². The van der Waals surface area contributed by atoms with Crippen LogP contribution in [0.25, 0.3) is 17.0 Å². The topological polar surface area (TPSA) is 76.4 Å². The van der Waals surface area contributed by atoms with Crippen LogP contribution in [0.4, 0.5) is 5.82 Å². The molecule has 2 N–H and O–H groups in total. The number of methoxy groups -OCH3 is 1. The molecule has 1 saturated heterocycles. The standard InChI is InChI=1S/C17H20N6O.ClH/c1-24-15-5-6-18-9-13(15)22-16-11-19-8-12(21-16)14-10-20-17-4-2-3-7-23(14)17;/h2-4,7-8,10-11,13,15,18H,5-6,9H2,1H3,(H,21,22);1H/t13-,15-;/m1./s1. The molecule has 0 saturated carbocycles. The number of ether oxygens (including phenoxy) is 1. The van der Waals surface area contributed by atoms with Crippen LogP contribution in [0, 0.1) is 0 Å². The molecule has 1 fully saturated rings. The fourth-order valence-corrected chi connectivity index (χ4v) is 3.13. The first kappa shape index (κ1) is 17.6. The van der Waals surface area contributed by atoms with Gasteiger partial charge in [-0.3, -0.25) is 9.38 Å². The number of rotatable bonds is 4. The monoisotopic (exact) mass is 360 g/mol. The Bertz CT molecular complexity index is 839. The van der Waals surface area contributed by atoms with E-state index >= 15 is 0 Å². The molecule has 0 bridgehead atoms. The molecule has 8 heteroatoms. The minimum Gasteiger partial charge on any atom is -0.379 e. The second-order valence-electron chi connectivity index (χ2n) is 5.88. The maximum atomic E-state index is 5.57. The number of aromatic nitrogens is 4. The predicted molar refractivity (Wildman–Crippen MR) is 99.2 cm³/mol. The van der Waals surface area contributed by atoms with Crippen LogP contribution in [0.1, 0.15) is 6.42 Å². The van der Waals surface area contributed by atoms with Crippen LogP contribution < -0.4 is 10.6 Å². The summed E-state index contributed by atoms with van der Waals surface area (Å²) in [6, 6.07) is 6.09. The minimum atomic E-state index is 0. The minimum absolute atomic E-state index is 0. The van der Waals surface area contributed by atoms with Gasteiger partial charge in [0.15, 0.2) is 0 Å². The molecule has 0 aliphatic carbocycles. The summed E-state index contributed by atoms with van der Waals surface area (Å²) in [5.41, 5.74) is 2.60. The number of imidazole rings is 1. The largest absolute Gasteiger partial charge is 0.379 e. The van der Waals surface area contributed by atoms with Gasteiger partial charge in [-0.15, -0.1) is 12.4 Å². The highest BCUT2D eigenvalue weighted by molar-refractivity contribution is 5.85. The van der Waals surface area contributed by atoms with Gasteiger partial charge >= 0.3 is 0 Å². The number of nitrogens with zero attached hydrogens (tertiary/aromatic N) is 4. The Labute approximate surface area is 152 Å². The van der Waals surface area contributed by atoms with Crippen molar-refractivity contribution in [2.45, 2.75) is 18.6 Å². The van der Waals surface area contributed by atoms with Crippen molar-refractivity contribution in [2.75, 3.05) is 25.5 Å². The molecule has 7 nitrogen and oxygen atoms in total. The van der Waals surface area contributed by atoms with E-state index in [1.165, 1.54) is 0 Å². The second-order valence-corrected chi connectivity index (χ2v) is 5.88. The Morgan fingerprint density at radius 3 is 3.08 bits per heavy atom. The summed E-state index contributed by atoms with van der Waals surface area (Å²) in [6.45, 7) is 1.82. The van der Waals surface area contributed by atoms with Crippen LogP contribution in [0.3, 0.4) is 0 Å². The van der Waals surface area contributed by atoms with Crippen molar-refractivity contribution in [1.29, 1.82) is 0 Å². The van der Waals surface area contributed by atoms with Crippen LogP contribution in [0.15, 0.2) is 43.0 Å². The van der Waals surface area contributed by atoms with Gasteiger partial charge in [0.25, 0.3) is 0 Å². The van der Waals surface area contributed by atoms with Crippen LogP contribution in [0.2, 0.25) is 0 Å². The molecule has 1 aliphatic heterocycles. The van der Waals surface area contributed by atoms with Crippen molar-refractivity contribution >= 4 is 23.9 Å². The van der Waals surface area contributed by atoms with Gasteiger partial charge in [-0.2, -0.15) is 0 Å². The van der Waals surface area contributed by atoms with Crippen molar-refractivity contribution in [3.63, 3.8) is 0 Å². The van der Waals surface area contributed by atoms with E-state index in [0.29, 0.717) is 0 Å². The first-order valence-corrected chi connectivity index (χ1v) is 8.10. The molecule has 3 aromatic rings. The van der Waals surface area contributed by atoms with Crippen LogP contribution >= 0.6 is 12.4 Å². The molecule has 0 spiro atoms. The van der Waals surface area contributed by atoms with E-state index < -0.39 is 0 Å². The van der Waals surface area contributed by atoms with Crippen LogP contribution in [-0.4, -0.2) is 51.7 Å². The zero-order valence-corrected chi connectivity index (χ0v) is 14.7. The van der Waals surface area contributed by atoms with E-state index in [1.807, 2.05) is 35.0 Å². The highest BCUT2D eigenvalue weighted by atomic mass is 35.5. The first-order chi connectivity index (χ1) is 11.8. The zero-order valence-electron chi connectivity index (χ0n) is 13.9. The Balaban J connectivity index is 0.00000182. The van der Waals surface area contributed by atoms with Crippen molar-refractivity contribution < 1.29 is 4.74 Å². The molecule has 3 aromatic heterocycles. The van der Waals surface area contributed by atoms with Gasteiger partial charge in [-0.1, -0.05) is 6.07 Å². The number of nitrogens with one attached hydrogen (secondary N) is 2. The zero-order chi connectivity index (χ0) is 16.4. The highest BCUT2D eigenvalue weighted by Gasteiger charge is 2.25. The Hall–Kier alpha value is -2.22. The predicted octanol–water partition coefficient (Wildman–Crippen LogP) is 2.00. The van der Waals surface area contributed by atoms with Crippen molar-refractivity contribution in [1.82, 2.24) is 24.7 Å². The first-order valence-electron chi connectivity index (χ1n) is 8.10. The Morgan fingerprint density at radius 1 is 1.28 bits per heavy atom. The number of anilines is 1. The summed E-state index contributed by atoms with van der Waals surface area (Å²) in [4.78, 5) is 13.5. The molecule has 0 unspecified atom stereocenters. The molecule has 4 rings (SSSR count). The number of fused-ring (bicyclic) bond motifs is 1. The van der Waals surface area contributed by atoms with Crippen LogP contribution in [0.5, 0.6) is 0 Å². The van der Waals surface area contributed by atoms with Gasteiger partial charge in [0.2, 0.25) is 0 Å². The van der Waals surface area contributed by atoms with E-state index in [9.17, 15) is 0 Å². The molecule has 0 aromatic carbocycles. The lowest BCUT2D eigenvalue weighted by Crippen LogP contribution is -2.49. The number of hydrogen-bond acceptors (Lipinski definition) is 6. The lowest BCUT2D eigenvalue weighted by Gasteiger charge is -2.31. The summed E-state index contributed by atoms with van der Waals surface area (Å²) >= 11 is 0. The van der Waals surface area contributed by atoms with Gasteiger partial charge in [-0.25, -0.2) is 9.97 Å². The summed E-state index contributed by atoms with van der Waals surface area (Å²) in [5.74, 6) is 0.745. The van der Waals surface area contributed by atoms with E-state index in [2.05, 4.69) is 20.6 Å². The van der Waals surface area contributed by atoms with Gasteiger partial charge in [0, 0.05) is 19.9 Å². The molecule has 0 radical (unpaired) electrons. The molecule has 25 heavy (non-hydrogen) atoms. The SMILES string of the molecule is CO[C@@H]1CCNC[C@H]1Nc1cncc(-c2cnc3ccccn23)n1.Cl. The van der Waals surface area contributed by atoms with Crippen molar-refractivity contribution in [3.8, 4) is 11.4 Å². The maximum absolute atomic E-state index is 5.57. The second kappa shape index (κ2) is 7.77. The third-order valence-electron chi connectivity index (χ3n) is 4.37. The quantitative estimate of drug-likeness (QED) is 0.741. The third kappa shape index (κ3) is 3.58. The maximum Gasteiger partial charge on any atom is 0.145 e. The molecule has 132 valence electrons. The number of piperidine rings is 1. The van der Waals surface area contributed by atoms with E-state index in [-0.39, 0.29) is 24.6 Å². The average molecular weight is 361 g/mol. The summed E-state index contributed by atoms with van der Waals surface area (Å²) in [5, 5.41) is 6.82. The number of hydrogen-bond donors (Lipinski definition) is 2. The van der Waals surface area contributed by atoms with Crippen molar-refractivity contribution in [3.05, 3.63) is 43.0 Å². The van der Waals surface area contributed by atoms with Crippen molar-refractivity contribution in [2.24, 2.45) is 0 Å². The fourth-order valence-electron chi connectivity index (χ4n) is 3.13. The smallest absolute Gasteiger partial charge is 0.145 e. The Morgan fingerprint density at radius 2 is 2.20 bits per heavy atom. The summed E-state index contributed by atoms with van der Waals surface area (Å²) < 4.78 is 7.58. The van der Waals surface area contributed by atoms with Gasteiger partial charge in [0.1, 0.15) is 17.2 Å². The lowest BCUT2D eigenvalue weighted by atomic mass is 10.0. The number of halogens is 1. The average Bonchev–Trinajstić information content (AvgIpc) is 3.06. The molecule has 0 amide bonds. The molecular formula is C17H21ClN6O. The summed E-state index contributed by atoms with van der Waals surface area (Å²) in [6.07, 6.45) is 8.46.